The van der Waals surface area contributed by atoms with E-state index >= 15 is 0 Å². The summed E-state index contributed by atoms with van der Waals surface area (Å²) in [6, 6.07) is 9.87. The highest BCUT2D eigenvalue weighted by Gasteiger charge is 2.49. The van der Waals surface area contributed by atoms with Gasteiger partial charge in [0.2, 0.25) is 0 Å². The van der Waals surface area contributed by atoms with Gasteiger partial charge in [0.05, 0.1) is 12.6 Å². The zero-order valence-electron chi connectivity index (χ0n) is 9.69. The Morgan fingerprint density at radius 1 is 1.50 bits per heavy atom. The lowest BCUT2D eigenvalue weighted by Gasteiger charge is -2.17. The van der Waals surface area contributed by atoms with Crippen LogP contribution in [0.5, 0.6) is 0 Å². The first-order valence-corrected chi connectivity index (χ1v) is 5.55. The van der Waals surface area contributed by atoms with Crippen LogP contribution in [0.25, 0.3) is 0 Å². The summed E-state index contributed by atoms with van der Waals surface area (Å²) in [5, 5.41) is 3.07. The number of carbonyl (C=O) groups excluding carboxylic acids is 1. The monoisotopic (exact) mass is 219 g/mol. The molecule has 1 aliphatic rings. The number of nitrogens with one attached hydrogen (secondary N) is 1. The molecule has 0 bridgehead atoms. The van der Waals surface area contributed by atoms with E-state index in [1.165, 1.54) is 5.56 Å². The highest BCUT2D eigenvalue weighted by atomic mass is 16.6. The second kappa shape index (κ2) is 4.36. The number of carbonyl (C=O) groups is 1. The number of epoxide rings is 1. The summed E-state index contributed by atoms with van der Waals surface area (Å²) in [5.41, 5.74) is 0.627. The molecule has 0 aliphatic carbocycles. The van der Waals surface area contributed by atoms with Crippen molar-refractivity contribution in [3.63, 3.8) is 0 Å². The van der Waals surface area contributed by atoms with Gasteiger partial charge in [-0.25, -0.2) is 0 Å². The highest BCUT2D eigenvalue weighted by Crippen LogP contribution is 2.28. The molecule has 2 unspecified atom stereocenters. The molecular weight excluding hydrogens is 202 g/mol. The van der Waals surface area contributed by atoms with E-state index in [0.717, 1.165) is 6.42 Å². The van der Waals surface area contributed by atoms with Crippen LogP contribution in [-0.4, -0.2) is 31.1 Å². The maximum atomic E-state index is 12.1. The zero-order chi connectivity index (χ0) is 11.6. The third kappa shape index (κ3) is 2.31. The minimum Gasteiger partial charge on any atom is -0.362 e. The Morgan fingerprint density at radius 3 is 2.62 bits per heavy atom. The van der Waals surface area contributed by atoms with Gasteiger partial charge in [-0.1, -0.05) is 30.3 Å². The molecule has 2 atom stereocenters. The van der Waals surface area contributed by atoms with E-state index in [1.807, 2.05) is 44.3 Å². The molecule has 1 saturated heterocycles. The number of ketones is 1. The maximum absolute atomic E-state index is 12.1. The van der Waals surface area contributed by atoms with Crippen molar-refractivity contribution in [2.75, 3.05) is 13.7 Å². The van der Waals surface area contributed by atoms with Crippen LogP contribution in [0, 0.1) is 0 Å². The first kappa shape index (κ1) is 11.3. The maximum Gasteiger partial charge on any atom is 0.183 e. The van der Waals surface area contributed by atoms with E-state index in [4.69, 9.17) is 4.74 Å². The summed E-state index contributed by atoms with van der Waals surface area (Å²) < 4.78 is 5.19. The number of Topliss-reactive ketones (excluding diaryl/α,β-unsaturated/α-hetero) is 1. The molecule has 0 spiro atoms. The molecule has 0 amide bonds. The van der Waals surface area contributed by atoms with Crippen LogP contribution in [-0.2, 0) is 16.0 Å². The standard InChI is InChI=1S/C13H17NO2/c1-13(9-16-13)12(15)11(14-2)8-10-6-4-3-5-7-10/h3-7,11,14H,8-9H2,1-2H3. The number of hydrogen-bond acceptors (Lipinski definition) is 3. The van der Waals surface area contributed by atoms with Crippen LogP contribution in [0.4, 0.5) is 0 Å². The van der Waals surface area contributed by atoms with Crippen LogP contribution in [0.2, 0.25) is 0 Å². The van der Waals surface area contributed by atoms with Gasteiger partial charge in [-0.15, -0.1) is 0 Å². The fourth-order valence-corrected chi connectivity index (χ4v) is 1.79. The molecule has 1 N–H and O–H groups in total. The minimum atomic E-state index is -0.539. The quantitative estimate of drug-likeness (QED) is 0.756. The molecule has 0 saturated carbocycles. The summed E-state index contributed by atoms with van der Waals surface area (Å²) in [4.78, 5) is 12.1. The predicted octanol–water partition coefficient (Wildman–Crippen LogP) is 1.18. The first-order chi connectivity index (χ1) is 7.65. The van der Waals surface area contributed by atoms with E-state index in [0.29, 0.717) is 6.61 Å². The Hall–Kier alpha value is -1.19. The van der Waals surface area contributed by atoms with Gasteiger partial charge >= 0.3 is 0 Å². The average Bonchev–Trinajstić information content (AvgIpc) is 3.06. The Balaban J connectivity index is 2.04. The molecule has 1 aromatic carbocycles. The molecule has 1 heterocycles. The molecule has 1 aliphatic heterocycles. The van der Waals surface area contributed by atoms with Crippen LogP contribution in [0.3, 0.4) is 0 Å². The number of likely N-dealkylation sites (N-methyl/N-ethyl adjacent to an activating group) is 1. The Labute approximate surface area is 95.8 Å². The van der Waals surface area contributed by atoms with Crippen LogP contribution < -0.4 is 5.32 Å². The van der Waals surface area contributed by atoms with E-state index in [2.05, 4.69) is 5.32 Å². The summed E-state index contributed by atoms with van der Waals surface area (Å²) >= 11 is 0. The lowest BCUT2D eigenvalue weighted by molar-refractivity contribution is -0.125. The van der Waals surface area contributed by atoms with Gasteiger partial charge in [0.25, 0.3) is 0 Å². The van der Waals surface area contributed by atoms with E-state index in [1.54, 1.807) is 0 Å². The van der Waals surface area contributed by atoms with Crippen LogP contribution in [0.15, 0.2) is 30.3 Å². The summed E-state index contributed by atoms with van der Waals surface area (Å²) in [7, 11) is 1.82. The van der Waals surface area contributed by atoms with Crippen molar-refractivity contribution < 1.29 is 9.53 Å². The normalized spacial score (nSPS) is 25.1. The number of hydrogen-bond donors (Lipinski definition) is 1. The Morgan fingerprint density at radius 2 is 2.12 bits per heavy atom. The minimum absolute atomic E-state index is 0.152. The van der Waals surface area contributed by atoms with Crippen molar-refractivity contribution in [2.24, 2.45) is 0 Å². The second-order valence-electron chi connectivity index (χ2n) is 4.41. The van der Waals surface area contributed by atoms with E-state index in [-0.39, 0.29) is 11.8 Å². The fourth-order valence-electron chi connectivity index (χ4n) is 1.79. The summed E-state index contributed by atoms with van der Waals surface area (Å²) in [5.74, 6) is 0.152. The fraction of sp³-hybridized carbons (Fsp3) is 0.462. The van der Waals surface area contributed by atoms with Gasteiger partial charge in [0.1, 0.15) is 5.60 Å². The molecule has 1 aromatic rings. The Kier molecular flexibility index (Phi) is 3.08. The van der Waals surface area contributed by atoms with Crippen molar-refractivity contribution in [1.82, 2.24) is 5.32 Å². The van der Waals surface area contributed by atoms with Gasteiger partial charge < -0.3 is 10.1 Å². The van der Waals surface area contributed by atoms with Crippen molar-refractivity contribution >= 4 is 5.78 Å². The largest absolute Gasteiger partial charge is 0.362 e. The SMILES string of the molecule is CNC(Cc1ccccc1)C(=O)C1(C)CO1. The van der Waals surface area contributed by atoms with Crippen molar-refractivity contribution in [3.05, 3.63) is 35.9 Å². The van der Waals surface area contributed by atoms with Crippen molar-refractivity contribution in [3.8, 4) is 0 Å². The highest BCUT2D eigenvalue weighted by molar-refractivity contribution is 5.94. The summed E-state index contributed by atoms with van der Waals surface area (Å²) in [6.07, 6.45) is 0.717. The van der Waals surface area contributed by atoms with Gasteiger partial charge in [0, 0.05) is 0 Å². The molecule has 3 nitrogen and oxygen atoms in total. The second-order valence-corrected chi connectivity index (χ2v) is 4.41. The van der Waals surface area contributed by atoms with E-state index < -0.39 is 5.60 Å². The lowest BCUT2D eigenvalue weighted by atomic mass is 9.95. The van der Waals surface area contributed by atoms with E-state index in [9.17, 15) is 4.79 Å². The first-order valence-electron chi connectivity index (χ1n) is 5.55. The van der Waals surface area contributed by atoms with Gasteiger partial charge in [-0.05, 0) is 26.0 Å². The number of ether oxygens (including phenoxy) is 1. The average molecular weight is 219 g/mol. The molecule has 2 rings (SSSR count). The van der Waals surface area contributed by atoms with Gasteiger partial charge in [-0.3, -0.25) is 4.79 Å². The van der Waals surface area contributed by atoms with Crippen LogP contribution >= 0.6 is 0 Å². The van der Waals surface area contributed by atoms with Crippen LogP contribution in [0.1, 0.15) is 12.5 Å². The summed E-state index contributed by atoms with van der Waals surface area (Å²) in [6.45, 7) is 2.41. The molecular formula is C13H17NO2. The molecule has 16 heavy (non-hydrogen) atoms. The third-order valence-electron chi connectivity index (χ3n) is 3.05. The predicted molar refractivity (Wildman–Crippen MR) is 62.4 cm³/mol. The molecule has 0 aromatic heterocycles. The van der Waals surface area contributed by atoms with Crippen molar-refractivity contribution in [2.45, 2.75) is 25.0 Å². The molecule has 3 heteroatoms. The zero-order valence-corrected chi connectivity index (χ0v) is 9.69. The van der Waals surface area contributed by atoms with Gasteiger partial charge in [0.15, 0.2) is 5.78 Å². The molecule has 86 valence electrons. The molecule has 1 fully saturated rings. The Bertz CT molecular complexity index is 371. The number of rotatable bonds is 5. The van der Waals surface area contributed by atoms with Gasteiger partial charge in [-0.2, -0.15) is 0 Å². The lowest BCUT2D eigenvalue weighted by Crippen LogP contribution is -2.43. The molecule has 0 radical (unpaired) electrons. The number of benzene rings is 1. The van der Waals surface area contributed by atoms with Crippen molar-refractivity contribution in [1.29, 1.82) is 0 Å². The third-order valence-corrected chi connectivity index (χ3v) is 3.05. The smallest absolute Gasteiger partial charge is 0.183 e. The topological polar surface area (TPSA) is 41.6 Å².